The van der Waals surface area contributed by atoms with Crippen LogP contribution in [0.25, 0.3) is 0 Å². The molecule has 0 fully saturated rings. The molecule has 11 heavy (non-hydrogen) atoms. The van der Waals surface area contributed by atoms with E-state index in [2.05, 4.69) is 20.9 Å². The second-order valence-electron chi connectivity index (χ2n) is 1.89. The Morgan fingerprint density at radius 1 is 1.73 bits per heavy atom. The van der Waals surface area contributed by atoms with Crippen LogP contribution in [0.4, 0.5) is 0 Å². The lowest BCUT2D eigenvalue weighted by Gasteiger charge is -1.96. The molecular weight excluding hydrogens is 229 g/mol. The van der Waals surface area contributed by atoms with Gasteiger partial charge in [0.05, 0.1) is 10.4 Å². The predicted octanol–water partition coefficient (Wildman–Crippen LogP) is 2.31. The molecule has 0 atom stereocenters. The Labute approximate surface area is 77.7 Å². The fourth-order valence-corrected chi connectivity index (χ4v) is 1.15. The molecule has 0 unspecified atom stereocenters. The molecule has 0 amide bonds. The first-order chi connectivity index (χ1) is 5.25. The smallest absolute Gasteiger partial charge is 0.193 e. The Balaban J connectivity index is 3.03. The molecule has 0 bridgehead atoms. The summed E-state index contributed by atoms with van der Waals surface area (Å²) in [5, 5.41) is 0.654. The second-order valence-corrected chi connectivity index (χ2v) is 2.86. The Bertz CT molecular complexity index is 277. The Morgan fingerprint density at radius 2 is 2.45 bits per heavy atom. The van der Waals surface area contributed by atoms with Crippen molar-refractivity contribution in [1.29, 1.82) is 0 Å². The molecule has 0 N–H and O–H groups in total. The maximum Gasteiger partial charge on any atom is 0.193 e. The van der Waals surface area contributed by atoms with Crippen molar-refractivity contribution in [3.05, 3.63) is 29.0 Å². The fourth-order valence-electron chi connectivity index (χ4n) is 0.654. The molecule has 1 rings (SSSR count). The van der Waals surface area contributed by atoms with E-state index < -0.39 is 0 Å². The van der Waals surface area contributed by atoms with Gasteiger partial charge in [0.1, 0.15) is 5.69 Å². The molecule has 1 heterocycles. The molecule has 0 saturated carbocycles. The summed E-state index contributed by atoms with van der Waals surface area (Å²) >= 11 is 8.73. The first-order valence-corrected chi connectivity index (χ1v) is 4.45. The molecule has 0 aliphatic heterocycles. The van der Waals surface area contributed by atoms with Crippen LogP contribution in [0, 0.1) is 0 Å². The Hall–Kier alpha value is -0.410. The van der Waals surface area contributed by atoms with Gasteiger partial charge in [-0.05, 0) is 12.1 Å². The molecule has 0 aromatic carbocycles. The number of carbonyl (C=O) groups excluding carboxylic acids is 1. The summed E-state index contributed by atoms with van der Waals surface area (Å²) < 4.78 is 0. The average molecular weight is 234 g/mol. The number of ketones is 1. The van der Waals surface area contributed by atoms with Crippen molar-refractivity contribution < 1.29 is 4.79 Å². The molecule has 1 aromatic rings. The third-order valence-corrected chi connectivity index (χ3v) is 1.96. The third kappa shape index (κ3) is 2.01. The maximum absolute atomic E-state index is 11.0. The van der Waals surface area contributed by atoms with E-state index in [1.165, 1.54) is 0 Å². The minimum atomic E-state index is -0.101. The number of pyridine rings is 1. The largest absolute Gasteiger partial charge is 0.291 e. The van der Waals surface area contributed by atoms with E-state index in [1.54, 1.807) is 18.3 Å². The molecule has 0 aliphatic carbocycles. The van der Waals surface area contributed by atoms with Gasteiger partial charge in [0.15, 0.2) is 5.78 Å². The number of hydrogen-bond acceptors (Lipinski definition) is 2. The van der Waals surface area contributed by atoms with Crippen LogP contribution >= 0.6 is 27.5 Å². The summed E-state index contributed by atoms with van der Waals surface area (Å²) in [5.74, 6) is -0.101. The quantitative estimate of drug-likeness (QED) is 0.581. The zero-order chi connectivity index (χ0) is 8.27. The summed E-state index contributed by atoms with van der Waals surface area (Å²) in [6.45, 7) is 0. The van der Waals surface area contributed by atoms with Crippen LogP contribution in [-0.4, -0.2) is 16.1 Å². The summed E-state index contributed by atoms with van der Waals surface area (Å²) in [6, 6.07) is 3.33. The lowest BCUT2D eigenvalue weighted by atomic mass is 10.3. The van der Waals surface area contributed by atoms with Gasteiger partial charge in [0, 0.05) is 6.20 Å². The van der Waals surface area contributed by atoms with Gasteiger partial charge in [-0.3, -0.25) is 9.78 Å². The number of halogens is 2. The molecule has 0 radical (unpaired) electrons. The predicted molar refractivity (Wildman–Crippen MR) is 47.4 cm³/mol. The third-order valence-electron chi connectivity index (χ3n) is 1.14. The van der Waals surface area contributed by atoms with E-state index in [9.17, 15) is 4.79 Å². The lowest BCUT2D eigenvalue weighted by molar-refractivity contribution is 0.101. The maximum atomic E-state index is 11.0. The number of aromatic nitrogens is 1. The van der Waals surface area contributed by atoms with Crippen molar-refractivity contribution in [1.82, 2.24) is 4.98 Å². The van der Waals surface area contributed by atoms with E-state index in [-0.39, 0.29) is 11.1 Å². The number of nitrogens with zero attached hydrogens (tertiary/aromatic N) is 1. The van der Waals surface area contributed by atoms with Crippen LogP contribution in [0.15, 0.2) is 18.3 Å². The van der Waals surface area contributed by atoms with Crippen LogP contribution < -0.4 is 0 Å². The number of Topliss-reactive ketones (excluding diaryl/α,β-unsaturated/α-hetero) is 1. The SMILES string of the molecule is O=C(CBr)c1ncccc1Cl. The molecule has 0 spiro atoms. The van der Waals surface area contributed by atoms with E-state index in [0.29, 0.717) is 10.7 Å². The molecule has 58 valence electrons. The number of alkyl halides is 1. The van der Waals surface area contributed by atoms with Crippen molar-refractivity contribution in [3.8, 4) is 0 Å². The highest BCUT2D eigenvalue weighted by Gasteiger charge is 2.08. The second kappa shape index (κ2) is 3.83. The minimum absolute atomic E-state index is 0.101. The summed E-state index contributed by atoms with van der Waals surface area (Å²) in [6.07, 6.45) is 1.54. The first-order valence-electron chi connectivity index (χ1n) is 2.95. The van der Waals surface area contributed by atoms with Crippen LogP contribution in [0.1, 0.15) is 10.5 Å². The summed E-state index contributed by atoms with van der Waals surface area (Å²) in [7, 11) is 0. The van der Waals surface area contributed by atoms with Crippen LogP contribution in [0.3, 0.4) is 0 Å². The van der Waals surface area contributed by atoms with E-state index in [4.69, 9.17) is 11.6 Å². The van der Waals surface area contributed by atoms with Crippen molar-refractivity contribution in [2.45, 2.75) is 0 Å². The standard InChI is InChI=1S/C7H5BrClNO/c8-4-6(11)7-5(9)2-1-3-10-7/h1-3H,4H2. The van der Waals surface area contributed by atoms with Crippen molar-refractivity contribution in [2.75, 3.05) is 5.33 Å². The first kappa shape index (κ1) is 8.68. The summed E-state index contributed by atoms with van der Waals surface area (Å²) in [4.78, 5) is 14.9. The summed E-state index contributed by atoms with van der Waals surface area (Å²) in [5.41, 5.74) is 0.325. The molecule has 2 nitrogen and oxygen atoms in total. The van der Waals surface area contributed by atoms with Gasteiger partial charge < -0.3 is 0 Å². The van der Waals surface area contributed by atoms with E-state index in [0.717, 1.165) is 0 Å². The zero-order valence-electron chi connectivity index (χ0n) is 5.55. The molecule has 0 aliphatic rings. The van der Waals surface area contributed by atoms with E-state index >= 15 is 0 Å². The van der Waals surface area contributed by atoms with Crippen molar-refractivity contribution >= 4 is 33.3 Å². The van der Waals surface area contributed by atoms with E-state index in [1.807, 2.05) is 0 Å². The van der Waals surface area contributed by atoms with Crippen LogP contribution in [0.5, 0.6) is 0 Å². The average Bonchev–Trinajstić information content (AvgIpc) is 2.04. The van der Waals surface area contributed by atoms with Gasteiger partial charge in [-0.25, -0.2) is 0 Å². The van der Waals surface area contributed by atoms with Crippen molar-refractivity contribution in [3.63, 3.8) is 0 Å². The fraction of sp³-hybridized carbons (Fsp3) is 0.143. The van der Waals surface area contributed by atoms with Gasteiger partial charge >= 0.3 is 0 Å². The van der Waals surface area contributed by atoms with Gasteiger partial charge in [-0.2, -0.15) is 0 Å². The number of rotatable bonds is 2. The monoisotopic (exact) mass is 233 g/mol. The topological polar surface area (TPSA) is 30.0 Å². The van der Waals surface area contributed by atoms with Gasteiger partial charge in [-0.1, -0.05) is 27.5 Å². The molecule has 0 saturated heterocycles. The molecule has 4 heteroatoms. The highest BCUT2D eigenvalue weighted by atomic mass is 79.9. The van der Waals surface area contributed by atoms with Crippen LogP contribution in [0.2, 0.25) is 5.02 Å². The lowest BCUT2D eigenvalue weighted by Crippen LogP contribution is -2.03. The number of carbonyl (C=O) groups is 1. The molecule has 1 aromatic heterocycles. The van der Waals surface area contributed by atoms with Crippen LogP contribution in [-0.2, 0) is 0 Å². The Kier molecular flexibility index (Phi) is 3.02. The molecular formula is C7H5BrClNO. The Morgan fingerprint density at radius 3 is 3.00 bits per heavy atom. The zero-order valence-corrected chi connectivity index (χ0v) is 7.89. The van der Waals surface area contributed by atoms with Gasteiger partial charge in [0.25, 0.3) is 0 Å². The normalized spacial score (nSPS) is 9.64. The van der Waals surface area contributed by atoms with Gasteiger partial charge in [0.2, 0.25) is 0 Å². The van der Waals surface area contributed by atoms with Gasteiger partial charge in [-0.15, -0.1) is 0 Å². The number of hydrogen-bond donors (Lipinski definition) is 0. The highest BCUT2D eigenvalue weighted by molar-refractivity contribution is 9.09. The minimum Gasteiger partial charge on any atom is -0.291 e. The van der Waals surface area contributed by atoms with Crippen molar-refractivity contribution in [2.24, 2.45) is 0 Å². The highest BCUT2D eigenvalue weighted by Crippen LogP contribution is 2.12.